The van der Waals surface area contributed by atoms with E-state index in [1.54, 1.807) is 22.9 Å². The summed E-state index contributed by atoms with van der Waals surface area (Å²) in [4.78, 5) is 28.4. The molecule has 4 rings (SSSR count). The zero-order valence-electron chi connectivity index (χ0n) is 16.8. The lowest BCUT2D eigenvalue weighted by Gasteiger charge is -2.07. The summed E-state index contributed by atoms with van der Waals surface area (Å²) in [5.41, 5.74) is 2.46. The maximum absolute atomic E-state index is 12.2. The van der Waals surface area contributed by atoms with Gasteiger partial charge in [0.15, 0.2) is 11.5 Å². The number of hydrogen-bond acceptors (Lipinski definition) is 8. The van der Waals surface area contributed by atoms with Crippen LogP contribution in [0, 0.1) is 17.4 Å². The molecule has 31 heavy (non-hydrogen) atoms. The van der Waals surface area contributed by atoms with Gasteiger partial charge in [0.1, 0.15) is 6.54 Å². The van der Waals surface area contributed by atoms with Gasteiger partial charge in [-0.1, -0.05) is 5.16 Å². The fourth-order valence-electron chi connectivity index (χ4n) is 2.94. The zero-order valence-corrected chi connectivity index (χ0v) is 18.9. The van der Waals surface area contributed by atoms with Crippen LogP contribution in [-0.4, -0.2) is 51.6 Å². The topological polar surface area (TPSA) is 133 Å². The second-order valence-corrected chi connectivity index (χ2v) is 7.82. The molecule has 2 amide bonds. The normalized spacial score (nSPS) is 12.1. The Bertz CT molecular complexity index is 1140. The van der Waals surface area contributed by atoms with Gasteiger partial charge in [-0.3, -0.25) is 14.3 Å². The number of amides is 2. The van der Waals surface area contributed by atoms with Gasteiger partial charge in [0.05, 0.1) is 9.26 Å². The molecular weight excluding hydrogens is 519 g/mol. The Labute approximate surface area is 190 Å². The number of carbonyl (C=O) groups excluding carboxylic acids is 2. The van der Waals surface area contributed by atoms with Gasteiger partial charge >= 0.3 is 11.8 Å². The number of nitrogens with zero attached hydrogens (tertiary/aromatic N) is 4. The third kappa shape index (κ3) is 4.62. The van der Waals surface area contributed by atoms with Gasteiger partial charge in [0, 0.05) is 24.3 Å². The molecule has 3 aromatic rings. The molecule has 2 aromatic heterocycles. The van der Waals surface area contributed by atoms with E-state index in [9.17, 15) is 9.59 Å². The molecule has 0 atom stereocenters. The summed E-state index contributed by atoms with van der Waals surface area (Å²) in [6, 6.07) is 5.21. The number of aromatic nitrogens is 4. The Morgan fingerprint density at radius 3 is 2.71 bits per heavy atom. The van der Waals surface area contributed by atoms with Crippen LogP contribution in [0.5, 0.6) is 11.5 Å². The van der Waals surface area contributed by atoms with Crippen LogP contribution in [0.1, 0.15) is 22.1 Å². The van der Waals surface area contributed by atoms with Gasteiger partial charge in [-0.25, -0.2) is 0 Å². The number of ether oxygens (including phenoxy) is 2. The van der Waals surface area contributed by atoms with E-state index in [4.69, 9.17) is 14.0 Å². The van der Waals surface area contributed by atoms with Crippen molar-refractivity contribution < 1.29 is 23.6 Å². The lowest BCUT2D eigenvalue weighted by Crippen LogP contribution is -2.36. The molecule has 0 spiro atoms. The molecule has 0 radical (unpaired) electrons. The van der Waals surface area contributed by atoms with Crippen LogP contribution < -0.4 is 20.1 Å². The summed E-state index contributed by atoms with van der Waals surface area (Å²) in [6.07, 6.45) is 0. The monoisotopic (exact) mass is 538 g/mol. The molecule has 0 saturated heterocycles. The van der Waals surface area contributed by atoms with Gasteiger partial charge in [0.25, 0.3) is 0 Å². The van der Waals surface area contributed by atoms with E-state index in [0.29, 0.717) is 17.1 Å². The zero-order chi connectivity index (χ0) is 22.0. The minimum atomic E-state index is -0.526. The Balaban J connectivity index is 1.25. The number of aryl methyl sites for hydroxylation is 1. The Morgan fingerprint density at radius 2 is 1.94 bits per heavy atom. The Hall–Kier alpha value is -3.16. The first-order chi connectivity index (χ1) is 14.9. The van der Waals surface area contributed by atoms with Crippen molar-refractivity contribution in [2.75, 3.05) is 19.9 Å². The van der Waals surface area contributed by atoms with E-state index in [0.717, 1.165) is 15.0 Å². The minimum Gasteiger partial charge on any atom is -0.454 e. The minimum absolute atomic E-state index is 0.117. The van der Waals surface area contributed by atoms with E-state index < -0.39 is 5.91 Å². The van der Waals surface area contributed by atoms with Crippen LogP contribution in [0.4, 0.5) is 0 Å². The van der Waals surface area contributed by atoms with Crippen molar-refractivity contribution in [3.05, 3.63) is 39.0 Å². The maximum atomic E-state index is 12.2. The van der Waals surface area contributed by atoms with Crippen LogP contribution in [0.2, 0.25) is 0 Å². The van der Waals surface area contributed by atoms with Gasteiger partial charge in [-0.05, 0) is 54.6 Å². The number of fused-ring (bicyclic) bond motifs is 1. The summed E-state index contributed by atoms with van der Waals surface area (Å²) in [6.45, 7) is 4.55. The second-order valence-electron chi connectivity index (χ2n) is 6.74. The average Bonchev–Trinajstić information content (AvgIpc) is 3.48. The third-order valence-electron chi connectivity index (χ3n) is 4.57. The number of halogens is 1. The summed E-state index contributed by atoms with van der Waals surface area (Å²) < 4.78 is 18.3. The lowest BCUT2D eigenvalue weighted by atomic mass is 10.2. The van der Waals surface area contributed by atoms with Crippen LogP contribution in [0.3, 0.4) is 0 Å². The van der Waals surface area contributed by atoms with E-state index in [1.807, 2.05) is 13.8 Å². The molecule has 2 N–H and O–H groups in total. The number of benzene rings is 1. The molecule has 0 bridgehead atoms. The van der Waals surface area contributed by atoms with E-state index >= 15 is 0 Å². The van der Waals surface area contributed by atoms with Gasteiger partial charge in [-0.2, -0.15) is 10.1 Å². The maximum Gasteiger partial charge on any atom is 0.316 e. The summed E-state index contributed by atoms with van der Waals surface area (Å²) >= 11 is 2.20. The molecule has 0 saturated carbocycles. The molecule has 12 heteroatoms. The van der Waals surface area contributed by atoms with Crippen molar-refractivity contribution >= 4 is 34.4 Å². The quantitative estimate of drug-likeness (QED) is 0.341. The average molecular weight is 538 g/mol. The highest BCUT2D eigenvalue weighted by atomic mass is 127. The highest BCUT2D eigenvalue weighted by Crippen LogP contribution is 2.35. The number of rotatable bonds is 7. The second kappa shape index (κ2) is 8.91. The molecule has 162 valence electrons. The molecule has 1 aliphatic heterocycles. The van der Waals surface area contributed by atoms with E-state index in [-0.39, 0.29) is 44.0 Å². The SMILES string of the molecule is Cc1nn(CC(=O)NCCNC(=O)c2nc(-c3ccc4c(c3)OCO4)no2)c(C)c1I. The number of hydrogen-bond donors (Lipinski definition) is 2. The molecular formula is C19H19IN6O5. The highest BCUT2D eigenvalue weighted by Gasteiger charge is 2.19. The molecule has 1 aromatic carbocycles. The van der Waals surface area contributed by atoms with Gasteiger partial charge in [0.2, 0.25) is 18.5 Å². The largest absolute Gasteiger partial charge is 0.454 e. The smallest absolute Gasteiger partial charge is 0.316 e. The molecule has 0 unspecified atom stereocenters. The predicted octanol–water partition coefficient (Wildman–Crippen LogP) is 1.43. The van der Waals surface area contributed by atoms with Crippen molar-refractivity contribution in [1.29, 1.82) is 0 Å². The predicted molar refractivity (Wildman–Crippen MR) is 116 cm³/mol. The first kappa shape index (κ1) is 21.1. The van der Waals surface area contributed by atoms with E-state index in [2.05, 4.69) is 48.5 Å². The molecule has 1 aliphatic rings. The van der Waals surface area contributed by atoms with E-state index in [1.165, 1.54) is 0 Å². The van der Waals surface area contributed by atoms with Crippen LogP contribution in [0.25, 0.3) is 11.4 Å². The summed E-state index contributed by atoms with van der Waals surface area (Å²) in [7, 11) is 0. The standard InChI is InChI=1S/C19H19IN6O5/c1-10-16(20)11(2)26(24-10)8-15(27)21-5-6-22-18(28)19-23-17(25-31-19)12-3-4-13-14(7-12)30-9-29-13/h3-4,7H,5-6,8-9H2,1-2H3,(H,21,27)(H,22,28). The fourth-order valence-corrected chi connectivity index (χ4v) is 3.33. The van der Waals surface area contributed by atoms with Crippen LogP contribution >= 0.6 is 22.6 Å². The fraction of sp³-hybridized carbons (Fsp3) is 0.316. The van der Waals surface area contributed by atoms with Crippen molar-refractivity contribution in [2.45, 2.75) is 20.4 Å². The lowest BCUT2D eigenvalue weighted by molar-refractivity contribution is -0.121. The van der Waals surface area contributed by atoms with Crippen LogP contribution in [-0.2, 0) is 11.3 Å². The van der Waals surface area contributed by atoms with Gasteiger partial charge < -0.3 is 24.6 Å². The first-order valence-corrected chi connectivity index (χ1v) is 10.5. The van der Waals surface area contributed by atoms with Crippen molar-refractivity contribution in [3.8, 4) is 22.9 Å². The first-order valence-electron chi connectivity index (χ1n) is 9.40. The number of nitrogens with one attached hydrogen (secondary N) is 2. The molecule has 3 heterocycles. The van der Waals surface area contributed by atoms with Crippen molar-refractivity contribution in [3.63, 3.8) is 0 Å². The summed E-state index contributed by atoms with van der Waals surface area (Å²) in [5, 5.41) is 13.5. The molecule has 0 fully saturated rings. The van der Waals surface area contributed by atoms with Crippen molar-refractivity contribution in [2.24, 2.45) is 0 Å². The molecule has 0 aliphatic carbocycles. The number of carbonyl (C=O) groups is 2. The Kier molecular flexibility index (Phi) is 6.06. The highest BCUT2D eigenvalue weighted by molar-refractivity contribution is 14.1. The summed E-state index contributed by atoms with van der Waals surface area (Å²) in [5.74, 6) is 0.590. The van der Waals surface area contributed by atoms with Crippen molar-refractivity contribution in [1.82, 2.24) is 30.6 Å². The molecule has 11 nitrogen and oxygen atoms in total. The van der Waals surface area contributed by atoms with Gasteiger partial charge in [-0.15, -0.1) is 0 Å². The Morgan fingerprint density at radius 1 is 1.16 bits per heavy atom. The van der Waals surface area contributed by atoms with Crippen LogP contribution in [0.15, 0.2) is 22.7 Å². The third-order valence-corrected chi connectivity index (χ3v) is 6.13.